The van der Waals surface area contributed by atoms with E-state index in [1.165, 1.54) is 0 Å². The Balaban J connectivity index is 1.76. The number of hydrogen-bond donors (Lipinski definition) is 3. The van der Waals surface area contributed by atoms with E-state index in [4.69, 9.17) is 19.9 Å². The molecule has 4 N–H and O–H groups in total. The van der Waals surface area contributed by atoms with Crippen molar-refractivity contribution in [2.24, 2.45) is 5.73 Å². The fraction of sp³-hybridized carbons (Fsp3) is 0.400. The molecule has 2 aromatic carbocycles. The summed E-state index contributed by atoms with van der Waals surface area (Å²) in [5, 5.41) is 20.0. The van der Waals surface area contributed by atoms with E-state index in [-0.39, 0.29) is 19.3 Å². The summed E-state index contributed by atoms with van der Waals surface area (Å²) in [4.78, 5) is 0. The van der Waals surface area contributed by atoms with Crippen LogP contribution in [0.1, 0.15) is 18.1 Å². The van der Waals surface area contributed by atoms with Crippen LogP contribution in [0.2, 0.25) is 0 Å². The van der Waals surface area contributed by atoms with Gasteiger partial charge in [0.15, 0.2) is 0 Å². The standard InChI is InChI=1S/C20H27NO5/c1-15(21)18(14-24-12-16-8-4-2-5-9-16)26-20(23)19(22)25-13-17-10-6-3-7-11-17/h2-11,15,18-20,22-23H,12-14,21H2,1H3/t15?,18?,19-,20?/m0/s1. The topological polar surface area (TPSA) is 94.2 Å². The van der Waals surface area contributed by atoms with Gasteiger partial charge in [0, 0.05) is 6.04 Å². The van der Waals surface area contributed by atoms with Gasteiger partial charge < -0.3 is 30.2 Å². The van der Waals surface area contributed by atoms with Gasteiger partial charge >= 0.3 is 0 Å². The molecule has 0 saturated carbocycles. The maximum Gasteiger partial charge on any atom is 0.207 e. The highest BCUT2D eigenvalue weighted by atomic mass is 16.7. The van der Waals surface area contributed by atoms with Gasteiger partial charge in [0.05, 0.1) is 25.9 Å². The molecule has 4 atom stereocenters. The van der Waals surface area contributed by atoms with Gasteiger partial charge in [0.25, 0.3) is 0 Å². The number of ether oxygens (including phenoxy) is 3. The van der Waals surface area contributed by atoms with E-state index < -0.39 is 18.7 Å². The van der Waals surface area contributed by atoms with Crippen LogP contribution in [0.3, 0.4) is 0 Å². The van der Waals surface area contributed by atoms with E-state index in [1.54, 1.807) is 6.92 Å². The Morgan fingerprint density at radius 1 is 0.846 bits per heavy atom. The lowest BCUT2D eigenvalue weighted by molar-refractivity contribution is -0.274. The zero-order valence-electron chi connectivity index (χ0n) is 14.9. The average molecular weight is 361 g/mol. The van der Waals surface area contributed by atoms with Crippen molar-refractivity contribution in [2.75, 3.05) is 6.61 Å². The lowest BCUT2D eigenvalue weighted by Gasteiger charge is -2.27. The SMILES string of the molecule is CC(N)C(COCc1ccccc1)OC(O)[C@@H](O)OCc1ccccc1. The third-order valence-electron chi connectivity index (χ3n) is 3.80. The molecule has 0 saturated heterocycles. The normalized spacial score (nSPS) is 16.0. The predicted molar refractivity (Wildman–Crippen MR) is 97.9 cm³/mol. The van der Waals surface area contributed by atoms with Crippen molar-refractivity contribution in [1.29, 1.82) is 0 Å². The first-order valence-corrected chi connectivity index (χ1v) is 8.60. The zero-order valence-corrected chi connectivity index (χ0v) is 14.9. The van der Waals surface area contributed by atoms with Crippen LogP contribution in [-0.4, -0.2) is 41.5 Å². The summed E-state index contributed by atoms with van der Waals surface area (Å²) in [6.45, 7) is 2.52. The average Bonchev–Trinajstić information content (AvgIpc) is 2.66. The first-order valence-electron chi connectivity index (χ1n) is 8.60. The molecule has 0 aliphatic rings. The van der Waals surface area contributed by atoms with Gasteiger partial charge in [0.2, 0.25) is 12.6 Å². The Morgan fingerprint density at radius 3 is 1.92 bits per heavy atom. The van der Waals surface area contributed by atoms with Gasteiger partial charge in [-0.2, -0.15) is 0 Å². The molecule has 26 heavy (non-hydrogen) atoms. The molecule has 0 radical (unpaired) electrons. The molecular formula is C20H27NO5. The van der Waals surface area contributed by atoms with Gasteiger partial charge in [0.1, 0.15) is 0 Å². The van der Waals surface area contributed by atoms with Crippen LogP contribution >= 0.6 is 0 Å². The number of nitrogens with two attached hydrogens (primary N) is 1. The summed E-state index contributed by atoms with van der Waals surface area (Å²) in [5.74, 6) is 0. The van der Waals surface area contributed by atoms with Crippen molar-refractivity contribution in [3.8, 4) is 0 Å². The fourth-order valence-corrected chi connectivity index (χ4v) is 2.27. The van der Waals surface area contributed by atoms with Crippen LogP contribution in [0.5, 0.6) is 0 Å². The van der Waals surface area contributed by atoms with Gasteiger partial charge in [-0.25, -0.2) is 0 Å². The summed E-state index contributed by atoms with van der Waals surface area (Å²) in [7, 11) is 0. The lowest BCUT2D eigenvalue weighted by atomic mass is 10.2. The number of benzene rings is 2. The van der Waals surface area contributed by atoms with Crippen molar-refractivity contribution in [3.05, 3.63) is 71.8 Å². The minimum absolute atomic E-state index is 0.162. The van der Waals surface area contributed by atoms with Crippen LogP contribution in [0.15, 0.2) is 60.7 Å². The molecule has 6 nitrogen and oxygen atoms in total. The van der Waals surface area contributed by atoms with E-state index in [1.807, 2.05) is 60.7 Å². The number of aliphatic hydroxyl groups excluding tert-OH is 2. The number of aliphatic hydroxyl groups is 2. The molecule has 2 rings (SSSR count). The van der Waals surface area contributed by atoms with Gasteiger partial charge in [-0.15, -0.1) is 0 Å². The Morgan fingerprint density at radius 2 is 1.38 bits per heavy atom. The maximum absolute atomic E-state index is 10.0. The minimum atomic E-state index is -1.52. The van der Waals surface area contributed by atoms with E-state index >= 15 is 0 Å². The summed E-state index contributed by atoms with van der Waals surface area (Å²) >= 11 is 0. The molecule has 142 valence electrons. The third-order valence-corrected chi connectivity index (χ3v) is 3.80. The first-order chi connectivity index (χ1) is 12.6. The first kappa shape index (κ1) is 20.5. The van der Waals surface area contributed by atoms with Crippen molar-refractivity contribution >= 4 is 0 Å². The molecule has 6 heteroatoms. The molecule has 0 aromatic heterocycles. The Kier molecular flexibility index (Phi) is 8.70. The molecule has 0 aliphatic heterocycles. The van der Waals surface area contributed by atoms with E-state index in [0.717, 1.165) is 11.1 Å². The Hall–Kier alpha value is -1.80. The monoisotopic (exact) mass is 361 g/mol. The largest absolute Gasteiger partial charge is 0.374 e. The van der Waals surface area contributed by atoms with Crippen LogP contribution in [0, 0.1) is 0 Å². The molecular weight excluding hydrogens is 334 g/mol. The highest BCUT2D eigenvalue weighted by molar-refractivity contribution is 5.14. The van der Waals surface area contributed by atoms with Crippen molar-refractivity contribution in [1.82, 2.24) is 0 Å². The van der Waals surface area contributed by atoms with E-state index in [0.29, 0.717) is 6.61 Å². The van der Waals surface area contributed by atoms with Crippen LogP contribution < -0.4 is 5.73 Å². The lowest BCUT2D eigenvalue weighted by Crippen LogP contribution is -2.44. The van der Waals surface area contributed by atoms with Crippen molar-refractivity contribution in [3.63, 3.8) is 0 Å². The quantitative estimate of drug-likeness (QED) is 0.528. The second-order valence-corrected chi connectivity index (χ2v) is 6.11. The smallest absolute Gasteiger partial charge is 0.207 e. The van der Waals surface area contributed by atoms with Gasteiger partial charge in [-0.05, 0) is 18.1 Å². The highest BCUT2D eigenvalue weighted by Crippen LogP contribution is 2.10. The molecule has 0 amide bonds. The van der Waals surface area contributed by atoms with Crippen LogP contribution in [-0.2, 0) is 27.4 Å². The summed E-state index contributed by atoms with van der Waals surface area (Å²) in [6.07, 6.45) is -3.58. The third kappa shape index (κ3) is 7.21. The Labute approximate surface area is 154 Å². The molecule has 0 bridgehead atoms. The summed E-state index contributed by atoms with van der Waals surface area (Å²) in [6, 6.07) is 18.7. The molecule has 0 aliphatic carbocycles. The van der Waals surface area contributed by atoms with E-state index in [2.05, 4.69) is 0 Å². The van der Waals surface area contributed by atoms with Gasteiger partial charge in [-0.3, -0.25) is 0 Å². The van der Waals surface area contributed by atoms with Crippen LogP contribution in [0.25, 0.3) is 0 Å². The maximum atomic E-state index is 10.0. The summed E-state index contributed by atoms with van der Waals surface area (Å²) < 4.78 is 16.3. The van der Waals surface area contributed by atoms with Gasteiger partial charge in [-0.1, -0.05) is 60.7 Å². The fourth-order valence-electron chi connectivity index (χ4n) is 2.27. The minimum Gasteiger partial charge on any atom is -0.374 e. The van der Waals surface area contributed by atoms with Crippen molar-refractivity contribution in [2.45, 2.75) is 44.9 Å². The molecule has 3 unspecified atom stereocenters. The second-order valence-electron chi connectivity index (χ2n) is 6.11. The predicted octanol–water partition coefficient (Wildman–Crippen LogP) is 1.79. The molecule has 0 spiro atoms. The van der Waals surface area contributed by atoms with E-state index in [9.17, 15) is 10.2 Å². The number of hydrogen-bond acceptors (Lipinski definition) is 6. The van der Waals surface area contributed by atoms with Crippen LogP contribution in [0.4, 0.5) is 0 Å². The molecule has 0 heterocycles. The van der Waals surface area contributed by atoms with Crippen molar-refractivity contribution < 1.29 is 24.4 Å². The highest BCUT2D eigenvalue weighted by Gasteiger charge is 2.25. The Bertz CT molecular complexity index is 608. The second kappa shape index (κ2) is 11.0. The molecule has 0 fully saturated rings. The number of rotatable bonds is 11. The summed E-state index contributed by atoms with van der Waals surface area (Å²) in [5.41, 5.74) is 7.80. The zero-order chi connectivity index (χ0) is 18.8. The molecule has 2 aromatic rings.